The maximum atomic E-state index is 13.6. The van der Waals surface area contributed by atoms with Gasteiger partial charge in [0.1, 0.15) is 0 Å². The first-order valence-corrected chi connectivity index (χ1v) is 5.54. The molecule has 0 spiro atoms. The third-order valence-corrected chi connectivity index (χ3v) is 3.77. The van der Waals surface area contributed by atoms with Crippen molar-refractivity contribution in [2.24, 2.45) is 0 Å². The molecule has 82 valence electrons. The van der Waals surface area contributed by atoms with Crippen LogP contribution in [-0.4, -0.2) is 12.2 Å². The van der Waals surface area contributed by atoms with Gasteiger partial charge in [-0.2, -0.15) is 0 Å². The van der Waals surface area contributed by atoms with Gasteiger partial charge in [0.05, 0.1) is 12.7 Å². The van der Waals surface area contributed by atoms with Crippen LogP contribution in [0.2, 0.25) is 0 Å². The van der Waals surface area contributed by atoms with Gasteiger partial charge in [-0.15, -0.1) is 0 Å². The van der Waals surface area contributed by atoms with Crippen LogP contribution in [0.1, 0.15) is 24.0 Å². The molecule has 0 amide bonds. The normalized spacial score (nSPS) is 17.7. The highest BCUT2D eigenvalue weighted by Crippen LogP contribution is 2.52. The maximum Gasteiger partial charge on any atom is 0.165 e. The molecule has 0 radical (unpaired) electrons. The molecule has 1 aliphatic carbocycles. The lowest BCUT2D eigenvalue weighted by Crippen LogP contribution is -2.10. The second-order valence-corrected chi connectivity index (χ2v) is 4.72. The van der Waals surface area contributed by atoms with E-state index in [2.05, 4.69) is 15.9 Å². The van der Waals surface area contributed by atoms with Gasteiger partial charge in [-0.3, -0.25) is 0 Å². The van der Waals surface area contributed by atoms with Crippen molar-refractivity contribution in [3.05, 3.63) is 27.5 Å². The monoisotopic (exact) mass is 274 g/mol. The van der Waals surface area contributed by atoms with E-state index in [1.807, 2.05) is 0 Å². The number of hydrogen-bond acceptors (Lipinski definition) is 2. The number of rotatable bonds is 2. The van der Waals surface area contributed by atoms with Crippen LogP contribution in [0.5, 0.6) is 5.75 Å². The zero-order valence-corrected chi connectivity index (χ0v) is 10.2. The molecule has 2 rings (SSSR count). The zero-order chi connectivity index (χ0) is 11.2. The molecule has 0 atom stereocenters. The van der Waals surface area contributed by atoms with Gasteiger partial charge in [0.2, 0.25) is 0 Å². The Morgan fingerprint density at radius 3 is 2.60 bits per heavy atom. The summed E-state index contributed by atoms with van der Waals surface area (Å²) in [6, 6.07) is 1.40. The van der Waals surface area contributed by atoms with Crippen molar-refractivity contribution in [2.45, 2.75) is 25.4 Å². The van der Waals surface area contributed by atoms with Gasteiger partial charge in [0.25, 0.3) is 0 Å². The second-order valence-electron chi connectivity index (χ2n) is 3.93. The van der Waals surface area contributed by atoms with E-state index in [9.17, 15) is 9.50 Å². The molecule has 0 aliphatic heterocycles. The quantitative estimate of drug-likeness (QED) is 0.899. The molecular weight excluding hydrogens is 263 g/mol. The zero-order valence-electron chi connectivity index (χ0n) is 8.60. The number of ether oxygens (including phenoxy) is 1. The highest BCUT2D eigenvalue weighted by atomic mass is 79.9. The summed E-state index contributed by atoms with van der Waals surface area (Å²) in [7, 11) is 1.41. The Hall–Kier alpha value is -0.610. The first kappa shape index (κ1) is 10.9. The predicted octanol–water partition coefficient (Wildman–Crippen LogP) is 2.89. The SMILES string of the molecule is COc1c(F)cc(C)c(Br)c1C1(O)CC1. The van der Waals surface area contributed by atoms with Crippen molar-refractivity contribution >= 4 is 15.9 Å². The van der Waals surface area contributed by atoms with Crippen LogP contribution in [0.15, 0.2) is 10.5 Å². The minimum atomic E-state index is -0.906. The molecule has 0 saturated heterocycles. The van der Waals surface area contributed by atoms with Crippen molar-refractivity contribution in [3.8, 4) is 5.75 Å². The molecule has 2 nitrogen and oxygen atoms in total. The van der Waals surface area contributed by atoms with E-state index in [1.54, 1.807) is 6.92 Å². The molecule has 0 bridgehead atoms. The van der Waals surface area contributed by atoms with Gasteiger partial charge in [-0.25, -0.2) is 4.39 Å². The standard InChI is InChI=1S/C11H12BrFO2/c1-6-5-7(13)10(15-2)8(9(6)12)11(14)3-4-11/h5,14H,3-4H2,1-2H3. The first-order valence-electron chi connectivity index (χ1n) is 4.75. The fourth-order valence-corrected chi connectivity index (χ4v) is 2.38. The molecule has 1 N–H and O–H groups in total. The van der Waals surface area contributed by atoms with Crippen LogP contribution in [0.3, 0.4) is 0 Å². The van der Waals surface area contributed by atoms with Crippen LogP contribution in [0.4, 0.5) is 4.39 Å². The smallest absolute Gasteiger partial charge is 0.165 e. The van der Waals surface area contributed by atoms with Gasteiger partial charge >= 0.3 is 0 Å². The molecule has 1 fully saturated rings. The number of halogens is 2. The van der Waals surface area contributed by atoms with Gasteiger partial charge in [-0.05, 0) is 47.3 Å². The summed E-state index contributed by atoms with van der Waals surface area (Å²) in [4.78, 5) is 0. The summed E-state index contributed by atoms with van der Waals surface area (Å²) in [5, 5.41) is 10.1. The highest BCUT2D eigenvalue weighted by molar-refractivity contribution is 9.10. The fourth-order valence-electron chi connectivity index (χ4n) is 1.72. The first-order chi connectivity index (χ1) is 6.99. The van der Waals surface area contributed by atoms with Crippen molar-refractivity contribution in [3.63, 3.8) is 0 Å². The lowest BCUT2D eigenvalue weighted by atomic mass is 10.0. The molecule has 0 heterocycles. The molecule has 4 heteroatoms. The van der Waals surface area contributed by atoms with Crippen molar-refractivity contribution in [1.29, 1.82) is 0 Å². The molecule has 1 aromatic carbocycles. The Morgan fingerprint density at radius 2 is 2.13 bits per heavy atom. The van der Waals surface area contributed by atoms with Crippen molar-refractivity contribution in [1.82, 2.24) is 0 Å². The summed E-state index contributed by atoms with van der Waals surface area (Å²) < 4.78 is 19.3. The third kappa shape index (κ3) is 1.66. The lowest BCUT2D eigenvalue weighted by Gasteiger charge is -2.17. The van der Waals surface area contributed by atoms with Crippen LogP contribution < -0.4 is 4.74 Å². The Labute approximate surface area is 96.2 Å². The van der Waals surface area contributed by atoms with Gasteiger partial charge in [0, 0.05) is 10.0 Å². The number of methoxy groups -OCH3 is 1. The Morgan fingerprint density at radius 1 is 1.53 bits per heavy atom. The average Bonchev–Trinajstić information content (AvgIpc) is 2.90. The summed E-state index contributed by atoms with van der Waals surface area (Å²) >= 11 is 3.38. The van der Waals surface area contributed by atoms with Gasteiger partial charge in [0.15, 0.2) is 11.6 Å². The number of aryl methyl sites for hydroxylation is 1. The fraction of sp³-hybridized carbons (Fsp3) is 0.455. The molecule has 0 aromatic heterocycles. The molecule has 1 aliphatic rings. The molecule has 1 aromatic rings. The summed E-state index contributed by atoms with van der Waals surface area (Å²) in [6.07, 6.45) is 1.32. The van der Waals surface area contributed by atoms with Gasteiger partial charge in [-0.1, -0.05) is 0 Å². The highest BCUT2D eigenvalue weighted by Gasteiger charge is 2.46. The summed E-state index contributed by atoms with van der Waals surface area (Å²) in [6.45, 7) is 1.79. The summed E-state index contributed by atoms with van der Waals surface area (Å²) in [5.74, 6) is -0.277. The van der Waals surface area contributed by atoms with Gasteiger partial charge < -0.3 is 9.84 Å². The number of benzene rings is 1. The van der Waals surface area contributed by atoms with Crippen LogP contribution >= 0.6 is 15.9 Å². The minimum Gasteiger partial charge on any atom is -0.493 e. The lowest BCUT2D eigenvalue weighted by molar-refractivity contribution is 0.145. The van der Waals surface area contributed by atoms with E-state index < -0.39 is 11.4 Å². The average molecular weight is 275 g/mol. The van der Waals surface area contributed by atoms with E-state index in [1.165, 1.54) is 13.2 Å². The maximum absolute atomic E-state index is 13.6. The Bertz CT molecular complexity index is 414. The summed E-state index contributed by atoms with van der Waals surface area (Å²) in [5.41, 5.74) is 0.406. The van der Waals surface area contributed by atoms with Crippen LogP contribution in [0.25, 0.3) is 0 Å². The molecular formula is C11H12BrFO2. The van der Waals surface area contributed by atoms with Crippen molar-refractivity contribution in [2.75, 3.05) is 7.11 Å². The van der Waals surface area contributed by atoms with Crippen LogP contribution in [0, 0.1) is 12.7 Å². The Balaban J connectivity index is 2.68. The van der Waals surface area contributed by atoms with E-state index in [0.29, 0.717) is 18.4 Å². The van der Waals surface area contributed by atoms with Crippen LogP contribution in [-0.2, 0) is 5.60 Å². The van der Waals surface area contributed by atoms with E-state index >= 15 is 0 Å². The van der Waals surface area contributed by atoms with E-state index in [-0.39, 0.29) is 5.75 Å². The second kappa shape index (κ2) is 3.46. The molecule has 1 saturated carbocycles. The predicted molar refractivity (Wildman–Crippen MR) is 58.5 cm³/mol. The van der Waals surface area contributed by atoms with Crippen molar-refractivity contribution < 1.29 is 14.2 Å². The minimum absolute atomic E-state index is 0.146. The van der Waals surface area contributed by atoms with E-state index in [4.69, 9.17) is 4.74 Å². The number of hydrogen-bond donors (Lipinski definition) is 1. The van der Waals surface area contributed by atoms with E-state index in [0.717, 1.165) is 10.0 Å². The Kier molecular flexibility index (Phi) is 2.51. The number of aliphatic hydroxyl groups is 1. The molecule has 15 heavy (non-hydrogen) atoms. The largest absolute Gasteiger partial charge is 0.493 e. The topological polar surface area (TPSA) is 29.5 Å². The third-order valence-electron chi connectivity index (χ3n) is 2.75. The molecule has 0 unspecified atom stereocenters.